The third-order valence-electron chi connectivity index (χ3n) is 3.68. The maximum atomic E-state index is 12.7. The Morgan fingerprint density at radius 1 is 1.21 bits per heavy atom. The molecule has 0 radical (unpaired) electrons. The van der Waals surface area contributed by atoms with Gasteiger partial charge in [-0.3, -0.25) is 15.0 Å². The Bertz CT molecular complexity index is 958. The number of nitrogens with one attached hydrogen (secondary N) is 1. The number of hydrogen-bond donors (Lipinski definition) is 1. The number of thioether (sulfide) groups is 1. The van der Waals surface area contributed by atoms with Gasteiger partial charge >= 0.3 is 0 Å². The van der Waals surface area contributed by atoms with Gasteiger partial charge in [0.2, 0.25) is 0 Å². The number of hydrazine groups is 1. The van der Waals surface area contributed by atoms with E-state index in [-0.39, 0.29) is 16.0 Å². The number of carbonyl (C=O) groups excluding carboxylic acids is 2. The van der Waals surface area contributed by atoms with Crippen LogP contribution in [0.1, 0.15) is 29.8 Å². The normalized spacial score (nSPS) is 15.4. The zero-order chi connectivity index (χ0) is 20.3. The highest BCUT2D eigenvalue weighted by atomic mass is 35.5. The summed E-state index contributed by atoms with van der Waals surface area (Å²) in [5, 5.41) is 1.36. The number of amides is 2. The number of ether oxygens (including phenoxy) is 1. The first kappa shape index (κ1) is 20.4. The van der Waals surface area contributed by atoms with Crippen LogP contribution in [0.4, 0.5) is 0 Å². The lowest BCUT2D eigenvalue weighted by Crippen LogP contribution is -2.44. The van der Waals surface area contributed by atoms with E-state index in [0.29, 0.717) is 9.93 Å². The summed E-state index contributed by atoms with van der Waals surface area (Å²) in [6.45, 7) is 3.91. The van der Waals surface area contributed by atoms with E-state index in [1.807, 2.05) is 38.1 Å². The second kappa shape index (κ2) is 8.77. The number of halogens is 1. The highest BCUT2D eigenvalue weighted by Crippen LogP contribution is 2.32. The lowest BCUT2D eigenvalue weighted by molar-refractivity contribution is -0.123. The number of hydrogen-bond acceptors (Lipinski definition) is 5. The van der Waals surface area contributed by atoms with Crippen molar-refractivity contribution in [3.8, 4) is 5.75 Å². The van der Waals surface area contributed by atoms with Crippen LogP contribution in [0.25, 0.3) is 6.08 Å². The molecule has 1 aliphatic rings. The summed E-state index contributed by atoms with van der Waals surface area (Å²) in [5.74, 6) is -0.136. The summed E-state index contributed by atoms with van der Waals surface area (Å²) in [7, 11) is 0. The molecule has 1 saturated heterocycles. The monoisotopic (exact) mass is 432 g/mol. The van der Waals surface area contributed by atoms with E-state index in [9.17, 15) is 9.59 Å². The van der Waals surface area contributed by atoms with Crippen molar-refractivity contribution in [2.75, 3.05) is 0 Å². The standard InChI is InChI=1S/C20H17ClN2O3S2/c1-12(2)26-14-9-7-13(8-10-14)11-17-19(25)23(20(27)28-17)22-18(24)15-5-3-4-6-16(15)21/h3-12H,1-2H3,(H,22,24)/b17-11-. The average molecular weight is 433 g/mol. The molecule has 0 aliphatic carbocycles. The number of nitrogens with zero attached hydrogens (tertiary/aromatic N) is 1. The van der Waals surface area contributed by atoms with Gasteiger partial charge in [0.05, 0.1) is 21.6 Å². The van der Waals surface area contributed by atoms with Gasteiger partial charge in [0.15, 0.2) is 4.32 Å². The molecule has 1 fully saturated rings. The minimum absolute atomic E-state index is 0.0869. The van der Waals surface area contributed by atoms with E-state index in [0.717, 1.165) is 28.1 Å². The zero-order valence-corrected chi connectivity index (χ0v) is 17.5. The summed E-state index contributed by atoms with van der Waals surface area (Å²) in [4.78, 5) is 25.5. The summed E-state index contributed by atoms with van der Waals surface area (Å²) in [6, 6.07) is 14.0. The molecule has 1 aliphatic heterocycles. The van der Waals surface area contributed by atoms with Crippen molar-refractivity contribution in [3.63, 3.8) is 0 Å². The Hall–Kier alpha value is -2.35. The molecule has 8 heteroatoms. The molecule has 2 aromatic carbocycles. The maximum Gasteiger partial charge on any atom is 0.285 e. The fraction of sp³-hybridized carbons (Fsp3) is 0.150. The highest BCUT2D eigenvalue weighted by Gasteiger charge is 2.34. The lowest BCUT2D eigenvalue weighted by atomic mass is 10.2. The SMILES string of the molecule is CC(C)Oc1ccc(/C=C2\SC(=S)N(NC(=O)c3ccccc3Cl)C2=O)cc1. The summed E-state index contributed by atoms with van der Waals surface area (Å²) < 4.78 is 5.86. The van der Waals surface area contributed by atoms with Crippen molar-refractivity contribution < 1.29 is 14.3 Å². The van der Waals surface area contributed by atoms with E-state index in [1.54, 1.807) is 30.3 Å². The van der Waals surface area contributed by atoms with Crippen molar-refractivity contribution in [2.24, 2.45) is 0 Å². The third kappa shape index (κ3) is 4.73. The predicted molar refractivity (Wildman–Crippen MR) is 116 cm³/mol. The zero-order valence-electron chi connectivity index (χ0n) is 15.1. The van der Waals surface area contributed by atoms with Gasteiger partial charge in [-0.2, -0.15) is 5.01 Å². The molecule has 5 nitrogen and oxygen atoms in total. The molecule has 0 unspecified atom stereocenters. The summed E-state index contributed by atoms with van der Waals surface area (Å²) in [6.07, 6.45) is 1.81. The minimum atomic E-state index is -0.502. The Kier molecular flexibility index (Phi) is 6.39. The molecule has 28 heavy (non-hydrogen) atoms. The van der Waals surface area contributed by atoms with Crippen molar-refractivity contribution in [2.45, 2.75) is 20.0 Å². The maximum absolute atomic E-state index is 12.7. The Labute approximate surface area is 177 Å². The lowest BCUT2D eigenvalue weighted by Gasteiger charge is -2.16. The molecular formula is C20H17ClN2O3S2. The Balaban J connectivity index is 1.73. The van der Waals surface area contributed by atoms with Crippen LogP contribution in [-0.2, 0) is 4.79 Å². The van der Waals surface area contributed by atoms with Crippen LogP contribution < -0.4 is 10.2 Å². The fourth-order valence-corrected chi connectivity index (χ4v) is 3.84. The summed E-state index contributed by atoms with van der Waals surface area (Å²) >= 11 is 12.4. The second-order valence-electron chi connectivity index (χ2n) is 6.17. The van der Waals surface area contributed by atoms with Crippen molar-refractivity contribution in [1.82, 2.24) is 10.4 Å². The first-order valence-electron chi connectivity index (χ1n) is 8.45. The number of thiocarbonyl (C=S) groups is 1. The Morgan fingerprint density at radius 2 is 1.89 bits per heavy atom. The van der Waals surface area contributed by atoms with Crippen molar-refractivity contribution >= 4 is 57.8 Å². The second-order valence-corrected chi connectivity index (χ2v) is 8.26. The number of rotatable bonds is 5. The van der Waals surface area contributed by atoms with Gasteiger partial charge in [0.25, 0.3) is 11.8 Å². The van der Waals surface area contributed by atoms with Crippen molar-refractivity contribution in [1.29, 1.82) is 0 Å². The third-order valence-corrected chi connectivity index (χ3v) is 5.31. The van der Waals surface area contributed by atoms with E-state index < -0.39 is 11.8 Å². The minimum Gasteiger partial charge on any atom is -0.491 e. The van der Waals surface area contributed by atoms with Crippen LogP contribution in [0, 0.1) is 0 Å². The molecule has 144 valence electrons. The predicted octanol–water partition coefficient (Wildman–Crippen LogP) is 4.67. The fourth-order valence-electron chi connectivity index (χ4n) is 2.44. The van der Waals surface area contributed by atoms with E-state index >= 15 is 0 Å². The highest BCUT2D eigenvalue weighted by molar-refractivity contribution is 8.26. The van der Waals surface area contributed by atoms with Gasteiger partial charge in [0.1, 0.15) is 5.75 Å². The van der Waals surface area contributed by atoms with E-state index in [2.05, 4.69) is 5.43 Å². The molecular weight excluding hydrogens is 416 g/mol. The Morgan fingerprint density at radius 3 is 2.54 bits per heavy atom. The van der Waals surface area contributed by atoms with Gasteiger partial charge in [-0.25, -0.2) is 0 Å². The van der Waals surface area contributed by atoms with E-state index in [4.69, 9.17) is 28.6 Å². The van der Waals surface area contributed by atoms with Gasteiger partial charge < -0.3 is 4.74 Å². The van der Waals surface area contributed by atoms with Crippen molar-refractivity contribution in [3.05, 3.63) is 69.6 Å². The molecule has 1 N–H and O–H groups in total. The smallest absolute Gasteiger partial charge is 0.285 e. The molecule has 0 spiro atoms. The van der Waals surface area contributed by atoms with Gasteiger partial charge in [-0.15, -0.1) is 0 Å². The molecule has 0 aromatic heterocycles. The topological polar surface area (TPSA) is 58.6 Å². The van der Waals surface area contributed by atoms with Gasteiger partial charge in [0, 0.05) is 0 Å². The van der Waals surface area contributed by atoms with Gasteiger partial charge in [-0.1, -0.05) is 47.6 Å². The van der Waals surface area contributed by atoms with Crippen LogP contribution in [0.3, 0.4) is 0 Å². The van der Waals surface area contributed by atoms with Crippen LogP contribution in [-0.4, -0.2) is 27.2 Å². The quantitative estimate of drug-likeness (QED) is 0.549. The molecule has 2 amide bonds. The van der Waals surface area contributed by atoms with Gasteiger partial charge in [-0.05, 0) is 62.0 Å². The molecule has 2 aromatic rings. The molecule has 0 saturated carbocycles. The van der Waals surface area contributed by atoms with Crippen LogP contribution in [0.5, 0.6) is 5.75 Å². The largest absolute Gasteiger partial charge is 0.491 e. The molecule has 0 bridgehead atoms. The van der Waals surface area contributed by atoms with Crippen LogP contribution in [0.15, 0.2) is 53.4 Å². The first-order chi connectivity index (χ1) is 13.3. The average Bonchev–Trinajstić information content (AvgIpc) is 2.90. The molecule has 3 rings (SSSR count). The number of benzene rings is 2. The summed E-state index contributed by atoms with van der Waals surface area (Å²) in [5.41, 5.74) is 3.61. The molecule has 0 atom stereocenters. The molecule has 1 heterocycles. The number of carbonyl (C=O) groups is 2. The van der Waals surface area contributed by atoms with Crippen LogP contribution >= 0.6 is 35.6 Å². The first-order valence-corrected chi connectivity index (χ1v) is 10.1. The van der Waals surface area contributed by atoms with Crippen LogP contribution in [0.2, 0.25) is 5.02 Å². The van der Waals surface area contributed by atoms with E-state index in [1.165, 1.54) is 0 Å².